The van der Waals surface area contributed by atoms with Gasteiger partial charge in [0, 0.05) is 13.1 Å². The number of nitrogens with zero attached hydrogens (tertiary/aromatic N) is 2. The van der Waals surface area contributed by atoms with E-state index >= 15 is 0 Å². The van der Waals surface area contributed by atoms with Gasteiger partial charge < -0.3 is 19.8 Å². The zero-order chi connectivity index (χ0) is 10.4. The van der Waals surface area contributed by atoms with Gasteiger partial charge in [-0.3, -0.25) is 10.0 Å². The Morgan fingerprint density at radius 2 is 1.31 bits per heavy atom. The Balaban J connectivity index is 3.56. The number of carboxylic acid groups (broad SMARTS) is 2. The first-order valence-corrected chi connectivity index (χ1v) is 3.41. The van der Waals surface area contributed by atoms with Crippen molar-refractivity contribution in [1.29, 1.82) is 0 Å². The molecular formula is C5H10N4O4-2. The van der Waals surface area contributed by atoms with Crippen LogP contribution in [0.5, 0.6) is 0 Å². The Kier molecular flexibility index (Phi) is 4.55. The van der Waals surface area contributed by atoms with Gasteiger partial charge in [0.25, 0.3) is 0 Å². The van der Waals surface area contributed by atoms with Crippen LogP contribution in [-0.2, 0) is 0 Å². The Bertz CT molecular complexity index is 177. The Hall–Kier alpha value is -1.54. The van der Waals surface area contributed by atoms with Crippen LogP contribution in [0, 0.1) is 0 Å². The van der Waals surface area contributed by atoms with Crippen molar-refractivity contribution in [3.05, 3.63) is 0 Å². The molecule has 8 nitrogen and oxygen atoms in total. The van der Waals surface area contributed by atoms with Gasteiger partial charge >= 0.3 is 0 Å². The van der Waals surface area contributed by atoms with Crippen LogP contribution >= 0.6 is 0 Å². The molecule has 0 saturated heterocycles. The summed E-state index contributed by atoms with van der Waals surface area (Å²) in [4.78, 5) is 20.1. The van der Waals surface area contributed by atoms with Gasteiger partial charge in [0.2, 0.25) is 0 Å². The zero-order valence-electron chi connectivity index (χ0n) is 6.80. The molecule has 0 rings (SSSR count). The van der Waals surface area contributed by atoms with Crippen LogP contribution in [0.15, 0.2) is 0 Å². The highest BCUT2D eigenvalue weighted by molar-refractivity contribution is 5.62. The first-order chi connectivity index (χ1) is 5.95. The molecule has 0 spiro atoms. The maximum absolute atomic E-state index is 10.0. The lowest BCUT2D eigenvalue weighted by Crippen LogP contribution is -2.49. The van der Waals surface area contributed by atoms with Gasteiger partial charge in [-0.2, -0.15) is 0 Å². The van der Waals surface area contributed by atoms with E-state index < -0.39 is 12.2 Å². The number of nitrogens with two attached hydrogens (primary N) is 2. The van der Waals surface area contributed by atoms with Crippen LogP contribution in [0.4, 0.5) is 9.59 Å². The van der Waals surface area contributed by atoms with E-state index in [1.54, 1.807) is 0 Å². The summed E-state index contributed by atoms with van der Waals surface area (Å²) in [6.07, 6.45) is -2.89. The second-order valence-electron chi connectivity index (χ2n) is 2.27. The molecule has 0 saturated carbocycles. The summed E-state index contributed by atoms with van der Waals surface area (Å²) in [5.74, 6) is 9.86. The molecular weight excluding hydrogens is 180 g/mol. The fraction of sp³-hybridized carbons (Fsp3) is 0.600. The SMILES string of the molecule is NN(CCCN(N)C(=O)[O-])C(=O)[O-]. The highest BCUT2D eigenvalue weighted by Gasteiger charge is 2.00. The van der Waals surface area contributed by atoms with E-state index in [0.29, 0.717) is 10.0 Å². The molecule has 0 aromatic carbocycles. The average Bonchev–Trinajstić information content (AvgIpc) is 2.03. The first-order valence-electron chi connectivity index (χ1n) is 3.41. The monoisotopic (exact) mass is 190 g/mol. The van der Waals surface area contributed by atoms with Crippen molar-refractivity contribution in [3.8, 4) is 0 Å². The smallest absolute Gasteiger partial charge is 0.151 e. The number of rotatable bonds is 4. The van der Waals surface area contributed by atoms with E-state index in [2.05, 4.69) is 0 Å². The lowest BCUT2D eigenvalue weighted by molar-refractivity contribution is -0.266. The van der Waals surface area contributed by atoms with Crippen molar-refractivity contribution in [2.75, 3.05) is 13.1 Å². The summed E-state index contributed by atoms with van der Waals surface area (Å²) in [6.45, 7) is -0.105. The van der Waals surface area contributed by atoms with E-state index in [1.165, 1.54) is 0 Å². The van der Waals surface area contributed by atoms with Crippen LogP contribution in [0.3, 0.4) is 0 Å². The number of hydrogen-bond acceptors (Lipinski definition) is 6. The summed E-state index contributed by atoms with van der Waals surface area (Å²) < 4.78 is 0. The number of hydrazine groups is 2. The molecule has 0 aliphatic carbocycles. The molecule has 0 aliphatic rings. The molecule has 0 bridgehead atoms. The summed E-state index contributed by atoms with van der Waals surface area (Å²) in [5.41, 5.74) is 0. The van der Waals surface area contributed by atoms with E-state index in [-0.39, 0.29) is 19.5 Å². The molecule has 0 aromatic heterocycles. The molecule has 13 heavy (non-hydrogen) atoms. The number of hydrogen-bond donors (Lipinski definition) is 2. The van der Waals surface area contributed by atoms with Crippen LogP contribution in [0.25, 0.3) is 0 Å². The van der Waals surface area contributed by atoms with Gasteiger partial charge in [0.1, 0.15) is 0 Å². The molecule has 0 aliphatic heterocycles. The van der Waals surface area contributed by atoms with Gasteiger partial charge in [0.05, 0.1) is 0 Å². The zero-order valence-corrected chi connectivity index (χ0v) is 6.80. The van der Waals surface area contributed by atoms with Crippen molar-refractivity contribution in [3.63, 3.8) is 0 Å². The molecule has 0 unspecified atom stereocenters. The van der Waals surface area contributed by atoms with E-state index in [9.17, 15) is 19.8 Å². The highest BCUT2D eigenvalue weighted by Crippen LogP contribution is 1.86. The molecule has 0 radical (unpaired) electrons. The van der Waals surface area contributed by atoms with Crippen LogP contribution in [0.1, 0.15) is 6.42 Å². The van der Waals surface area contributed by atoms with Crippen LogP contribution in [0.2, 0.25) is 0 Å². The van der Waals surface area contributed by atoms with Gasteiger partial charge in [-0.25, -0.2) is 11.7 Å². The maximum Gasteiger partial charge on any atom is 0.151 e. The summed E-state index contributed by atoms with van der Waals surface area (Å²) in [5, 5.41) is 20.9. The summed E-state index contributed by atoms with van der Waals surface area (Å²) in [7, 11) is 0. The van der Waals surface area contributed by atoms with Gasteiger partial charge in [0.15, 0.2) is 12.2 Å². The van der Waals surface area contributed by atoms with Crippen molar-refractivity contribution in [2.45, 2.75) is 6.42 Å². The third-order valence-electron chi connectivity index (χ3n) is 1.27. The highest BCUT2D eigenvalue weighted by atomic mass is 16.4. The van der Waals surface area contributed by atoms with Gasteiger partial charge in [-0.1, -0.05) is 0 Å². The first kappa shape index (κ1) is 11.5. The Morgan fingerprint density at radius 1 is 1.00 bits per heavy atom. The second-order valence-corrected chi connectivity index (χ2v) is 2.27. The standard InChI is InChI=1S/C5H12N4O4/c6-8(4(10)11)2-1-3-9(7)5(12)13/h1-3,6-7H2,(H,10,11)(H,12,13)/p-2. The fourth-order valence-corrected chi connectivity index (χ4v) is 0.594. The summed E-state index contributed by atoms with van der Waals surface area (Å²) in [6, 6.07) is 0. The Labute approximate surface area is 74.3 Å². The predicted molar refractivity (Wildman–Crippen MR) is 37.2 cm³/mol. The van der Waals surface area contributed by atoms with E-state index in [1.807, 2.05) is 0 Å². The quantitative estimate of drug-likeness (QED) is 0.267. The molecule has 0 heterocycles. The molecule has 2 amide bonds. The molecule has 0 atom stereocenters. The minimum absolute atomic E-state index is 0.0523. The van der Waals surface area contributed by atoms with Gasteiger partial charge in [-0.05, 0) is 6.42 Å². The number of amides is 2. The largest absolute Gasteiger partial charge is 0.529 e. The average molecular weight is 190 g/mol. The fourth-order valence-electron chi connectivity index (χ4n) is 0.594. The third-order valence-corrected chi connectivity index (χ3v) is 1.27. The summed E-state index contributed by atoms with van der Waals surface area (Å²) >= 11 is 0. The lowest BCUT2D eigenvalue weighted by Gasteiger charge is -2.22. The number of carbonyl (C=O) groups is 2. The molecule has 76 valence electrons. The van der Waals surface area contributed by atoms with Crippen molar-refractivity contribution >= 4 is 12.2 Å². The van der Waals surface area contributed by atoms with Crippen molar-refractivity contribution in [1.82, 2.24) is 10.0 Å². The van der Waals surface area contributed by atoms with E-state index in [4.69, 9.17) is 11.7 Å². The lowest BCUT2D eigenvalue weighted by atomic mass is 10.4. The van der Waals surface area contributed by atoms with Gasteiger partial charge in [-0.15, -0.1) is 0 Å². The number of carbonyl (C=O) groups excluding carboxylic acids is 2. The second kappa shape index (κ2) is 5.17. The normalized spacial score (nSPS) is 9.38. The topological polar surface area (TPSA) is 139 Å². The third kappa shape index (κ3) is 4.82. The Morgan fingerprint density at radius 3 is 1.54 bits per heavy atom. The predicted octanol–water partition coefficient (Wildman–Crippen LogP) is -3.59. The van der Waals surface area contributed by atoms with Crippen molar-refractivity contribution in [2.24, 2.45) is 11.7 Å². The van der Waals surface area contributed by atoms with E-state index in [0.717, 1.165) is 0 Å². The maximum atomic E-state index is 10.0. The minimum atomic E-state index is -1.53. The van der Waals surface area contributed by atoms with Crippen LogP contribution < -0.4 is 21.9 Å². The van der Waals surface area contributed by atoms with Crippen molar-refractivity contribution < 1.29 is 19.8 Å². The molecule has 4 N–H and O–H groups in total. The molecule has 8 heteroatoms. The molecule has 0 fully saturated rings. The van der Waals surface area contributed by atoms with Crippen LogP contribution in [-0.4, -0.2) is 35.3 Å². The molecule has 0 aromatic rings. The minimum Gasteiger partial charge on any atom is -0.529 e.